The van der Waals surface area contributed by atoms with Gasteiger partial charge in [0.1, 0.15) is 10.8 Å². The summed E-state index contributed by atoms with van der Waals surface area (Å²) in [6.45, 7) is 4.30. The molecule has 0 bridgehead atoms. The molecule has 5 N–H and O–H groups in total. The Bertz CT molecular complexity index is 302. The zero-order valence-corrected chi connectivity index (χ0v) is 9.14. The molecule has 0 unspecified atom stereocenters. The van der Waals surface area contributed by atoms with Gasteiger partial charge in [-0.15, -0.1) is 11.8 Å². The fourth-order valence-corrected chi connectivity index (χ4v) is 1.70. The second-order valence-electron chi connectivity index (χ2n) is 3.30. The monoisotopic (exact) mass is 213 g/mol. The lowest BCUT2D eigenvalue weighted by Gasteiger charge is -2.06. The lowest BCUT2D eigenvalue weighted by Crippen LogP contribution is -2.10. The number of nitrogens with two attached hydrogens (primary N) is 2. The topological polar surface area (TPSA) is 89.8 Å². The summed E-state index contributed by atoms with van der Waals surface area (Å²) in [6, 6.07) is 1.78. The molecule has 1 heterocycles. The third-order valence-corrected chi connectivity index (χ3v) is 2.77. The Morgan fingerprint density at radius 3 is 2.79 bits per heavy atom. The van der Waals surface area contributed by atoms with Crippen molar-refractivity contribution in [3.8, 4) is 0 Å². The second-order valence-corrected chi connectivity index (χ2v) is 4.34. The molecule has 0 aromatic carbocycles. The van der Waals surface area contributed by atoms with Gasteiger partial charge in [0.05, 0.1) is 0 Å². The molecule has 1 rings (SSSR count). The van der Waals surface area contributed by atoms with Crippen LogP contribution in [0.2, 0.25) is 0 Å². The van der Waals surface area contributed by atoms with Gasteiger partial charge in [-0.3, -0.25) is 0 Å². The highest BCUT2D eigenvalue weighted by Crippen LogP contribution is 2.21. The molecule has 0 saturated heterocycles. The number of hydrogen-bond donors (Lipinski definition) is 3. The van der Waals surface area contributed by atoms with Crippen LogP contribution in [0.4, 0.5) is 11.8 Å². The van der Waals surface area contributed by atoms with Crippen molar-refractivity contribution < 1.29 is 0 Å². The molecule has 1 aromatic rings. The van der Waals surface area contributed by atoms with Gasteiger partial charge in [-0.2, -0.15) is 4.98 Å². The molecule has 0 amide bonds. The van der Waals surface area contributed by atoms with Gasteiger partial charge >= 0.3 is 0 Å². The Labute approximate surface area is 87.7 Å². The highest BCUT2D eigenvalue weighted by atomic mass is 32.2. The molecule has 0 fully saturated rings. The minimum absolute atomic E-state index is 0.242. The van der Waals surface area contributed by atoms with Crippen LogP contribution in [0.1, 0.15) is 13.8 Å². The fourth-order valence-electron chi connectivity index (χ4n) is 0.843. The zero-order chi connectivity index (χ0) is 10.6. The number of nitrogens with zero attached hydrogens (tertiary/aromatic N) is 2. The van der Waals surface area contributed by atoms with E-state index in [1.165, 1.54) is 0 Å². The van der Waals surface area contributed by atoms with E-state index in [9.17, 15) is 0 Å². The van der Waals surface area contributed by atoms with E-state index < -0.39 is 0 Å². The highest BCUT2D eigenvalue weighted by Gasteiger charge is 2.03. The number of nitrogens with one attached hydrogen (secondary N) is 1. The van der Waals surface area contributed by atoms with Crippen molar-refractivity contribution in [2.45, 2.75) is 18.9 Å². The van der Waals surface area contributed by atoms with Crippen LogP contribution in [0.25, 0.3) is 0 Å². The lowest BCUT2D eigenvalue weighted by molar-refractivity contribution is 0.749. The fraction of sp³-hybridized carbons (Fsp3) is 0.500. The van der Waals surface area contributed by atoms with Crippen LogP contribution in [0.3, 0.4) is 0 Å². The van der Waals surface area contributed by atoms with Crippen LogP contribution in [0.15, 0.2) is 11.1 Å². The van der Waals surface area contributed by atoms with Gasteiger partial charge in [-0.05, 0) is 5.92 Å². The Morgan fingerprint density at radius 1 is 1.50 bits per heavy atom. The molecule has 5 nitrogen and oxygen atoms in total. The first-order valence-electron chi connectivity index (χ1n) is 4.35. The molecule has 14 heavy (non-hydrogen) atoms. The van der Waals surface area contributed by atoms with E-state index in [-0.39, 0.29) is 5.95 Å². The SMILES string of the molecule is CC(C)CSc1cc(NN)nc(N)n1. The summed E-state index contributed by atoms with van der Waals surface area (Å²) < 4.78 is 0. The van der Waals surface area contributed by atoms with Gasteiger partial charge in [0.2, 0.25) is 5.95 Å². The van der Waals surface area contributed by atoms with E-state index in [4.69, 9.17) is 11.6 Å². The van der Waals surface area contributed by atoms with Crippen LogP contribution < -0.4 is 17.0 Å². The maximum atomic E-state index is 5.51. The second kappa shape index (κ2) is 5.02. The van der Waals surface area contributed by atoms with Gasteiger partial charge in [0.25, 0.3) is 0 Å². The zero-order valence-electron chi connectivity index (χ0n) is 8.32. The summed E-state index contributed by atoms with van der Waals surface area (Å²) in [5.74, 6) is 7.64. The van der Waals surface area contributed by atoms with Gasteiger partial charge in [-0.25, -0.2) is 10.8 Å². The van der Waals surface area contributed by atoms with Crippen LogP contribution in [0.5, 0.6) is 0 Å². The normalized spacial score (nSPS) is 10.6. The van der Waals surface area contributed by atoms with Gasteiger partial charge < -0.3 is 11.2 Å². The van der Waals surface area contributed by atoms with E-state index in [0.29, 0.717) is 11.7 Å². The average Bonchev–Trinajstić information content (AvgIpc) is 2.14. The van der Waals surface area contributed by atoms with E-state index in [1.807, 2.05) is 0 Å². The molecule has 0 aliphatic carbocycles. The van der Waals surface area contributed by atoms with Crippen molar-refractivity contribution in [1.29, 1.82) is 0 Å². The van der Waals surface area contributed by atoms with Crippen molar-refractivity contribution in [3.63, 3.8) is 0 Å². The summed E-state index contributed by atoms with van der Waals surface area (Å²) in [5, 5.41) is 0.846. The summed E-state index contributed by atoms with van der Waals surface area (Å²) in [4.78, 5) is 7.98. The smallest absolute Gasteiger partial charge is 0.223 e. The molecule has 0 saturated carbocycles. The third-order valence-electron chi connectivity index (χ3n) is 1.43. The molecule has 0 radical (unpaired) electrons. The summed E-state index contributed by atoms with van der Waals surface area (Å²) in [7, 11) is 0. The summed E-state index contributed by atoms with van der Waals surface area (Å²) >= 11 is 1.65. The minimum atomic E-state index is 0.242. The number of hydrogen-bond acceptors (Lipinski definition) is 6. The molecule has 78 valence electrons. The first kappa shape index (κ1) is 11.1. The van der Waals surface area contributed by atoms with Gasteiger partial charge in [0.15, 0.2) is 0 Å². The Morgan fingerprint density at radius 2 is 2.21 bits per heavy atom. The number of nitrogen functional groups attached to an aromatic ring is 2. The molecular weight excluding hydrogens is 198 g/mol. The number of hydrazine groups is 1. The van der Waals surface area contributed by atoms with E-state index in [2.05, 4.69) is 29.2 Å². The van der Waals surface area contributed by atoms with E-state index in [0.717, 1.165) is 10.8 Å². The maximum Gasteiger partial charge on any atom is 0.223 e. The maximum absolute atomic E-state index is 5.51. The van der Waals surface area contributed by atoms with Crippen LogP contribution in [-0.4, -0.2) is 15.7 Å². The molecule has 0 atom stereocenters. The molecule has 0 aliphatic heterocycles. The first-order valence-corrected chi connectivity index (χ1v) is 5.34. The molecular formula is C8H15N5S. The van der Waals surface area contributed by atoms with E-state index in [1.54, 1.807) is 17.8 Å². The van der Waals surface area contributed by atoms with Crippen molar-refractivity contribution in [2.24, 2.45) is 11.8 Å². The number of thioether (sulfide) groups is 1. The Hall–Kier alpha value is -1.01. The lowest BCUT2D eigenvalue weighted by atomic mass is 10.3. The number of rotatable bonds is 4. The summed E-state index contributed by atoms with van der Waals surface area (Å²) in [5.41, 5.74) is 7.96. The van der Waals surface area contributed by atoms with E-state index >= 15 is 0 Å². The van der Waals surface area contributed by atoms with Gasteiger partial charge in [0, 0.05) is 11.8 Å². The Balaban J connectivity index is 2.71. The molecule has 1 aromatic heterocycles. The van der Waals surface area contributed by atoms with Crippen LogP contribution >= 0.6 is 11.8 Å². The summed E-state index contributed by atoms with van der Waals surface area (Å²) in [6.07, 6.45) is 0. The average molecular weight is 213 g/mol. The van der Waals surface area contributed by atoms with Crippen LogP contribution in [0, 0.1) is 5.92 Å². The standard InChI is InChI=1S/C8H15N5S/c1-5(2)4-14-7-3-6(13-10)11-8(9)12-7/h3,5H,4,10H2,1-2H3,(H3,9,11,12,13). The van der Waals surface area contributed by atoms with Crippen molar-refractivity contribution in [3.05, 3.63) is 6.07 Å². The highest BCUT2D eigenvalue weighted by molar-refractivity contribution is 7.99. The van der Waals surface area contributed by atoms with Crippen LogP contribution in [-0.2, 0) is 0 Å². The Kier molecular flexibility index (Phi) is 3.97. The molecule has 6 heteroatoms. The molecule has 0 spiro atoms. The number of anilines is 2. The van der Waals surface area contributed by atoms with Gasteiger partial charge in [-0.1, -0.05) is 13.8 Å². The predicted molar refractivity (Wildman–Crippen MR) is 59.8 cm³/mol. The first-order chi connectivity index (χ1) is 6.61. The number of aromatic nitrogens is 2. The van der Waals surface area contributed by atoms with Crippen molar-refractivity contribution in [1.82, 2.24) is 9.97 Å². The predicted octanol–water partition coefficient (Wildman–Crippen LogP) is 1.09. The van der Waals surface area contributed by atoms with Crippen molar-refractivity contribution in [2.75, 3.05) is 16.9 Å². The van der Waals surface area contributed by atoms with Crippen molar-refractivity contribution >= 4 is 23.5 Å². The molecule has 0 aliphatic rings. The third kappa shape index (κ3) is 3.39. The largest absolute Gasteiger partial charge is 0.368 e. The minimum Gasteiger partial charge on any atom is -0.368 e. The quantitative estimate of drug-likeness (QED) is 0.300.